The minimum Gasteiger partial charge on any atom is -0.482 e. The van der Waals surface area contributed by atoms with Gasteiger partial charge in [0.1, 0.15) is 11.0 Å². The van der Waals surface area contributed by atoms with Crippen LogP contribution in [0.2, 0.25) is 0 Å². The number of para-hydroxylation sites is 2. The summed E-state index contributed by atoms with van der Waals surface area (Å²) in [7, 11) is 1.35. The SMILES string of the molecule is COC(=O)[C@@H]1CN(C(=O)CCN2C(=O)COc3ccccc32)CCS1. The van der Waals surface area contributed by atoms with Gasteiger partial charge in [-0.25, -0.2) is 0 Å². The van der Waals surface area contributed by atoms with E-state index in [4.69, 9.17) is 9.47 Å². The van der Waals surface area contributed by atoms with Gasteiger partial charge in [0.25, 0.3) is 5.91 Å². The van der Waals surface area contributed by atoms with Crippen LogP contribution in [-0.2, 0) is 19.1 Å². The van der Waals surface area contributed by atoms with Gasteiger partial charge < -0.3 is 19.3 Å². The van der Waals surface area contributed by atoms with E-state index in [1.807, 2.05) is 18.2 Å². The molecule has 0 aliphatic carbocycles. The Kier molecular flexibility index (Phi) is 5.47. The van der Waals surface area contributed by atoms with Crippen LogP contribution in [0.5, 0.6) is 5.75 Å². The lowest BCUT2D eigenvalue weighted by atomic mass is 10.2. The van der Waals surface area contributed by atoms with Gasteiger partial charge in [0.05, 0.1) is 12.8 Å². The van der Waals surface area contributed by atoms with Gasteiger partial charge in [-0.15, -0.1) is 11.8 Å². The molecular weight excluding hydrogens is 344 g/mol. The second kappa shape index (κ2) is 7.77. The maximum atomic E-state index is 12.5. The van der Waals surface area contributed by atoms with Crippen molar-refractivity contribution in [3.05, 3.63) is 24.3 Å². The van der Waals surface area contributed by atoms with Crippen LogP contribution in [0.4, 0.5) is 5.69 Å². The predicted octanol–water partition coefficient (Wildman–Crippen LogP) is 0.919. The Morgan fingerprint density at radius 3 is 2.96 bits per heavy atom. The first-order valence-electron chi connectivity index (χ1n) is 8.09. The average molecular weight is 364 g/mol. The molecule has 3 rings (SSSR count). The average Bonchev–Trinajstić information content (AvgIpc) is 2.66. The molecule has 1 saturated heterocycles. The number of carbonyl (C=O) groups excluding carboxylic acids is 3. The van der Waals surface area contributed by atoms with E-state index in [1.54, 1.807) is 15.9 Å². The quantitative estimate of drug-likeness (QED) is 0.740. The molecule has 0 spiro atoms. The molecule has 1 aromatic rings. The molecule has 1 aromatic carbocycles. The van der Waals surface area contributed by atoms with Crippen LogP contribution in [0.1, 0.15) is 6.42 Å². The largest absolute Gasteiger partial charge is 0.482 e. The summed E-state index contributed by atoms with van der Waals surface area (Å²) in [5.41, 5.74) is 0.688. The number of benzene rings is 1. The molecule has 1 atom stereocenters. The summed E-state index contributed by atoms with van der Waals surface area (Å²) < 4.78 is 10.2. The molecule has 0 N–H and O–H groups in total. The summed E-state index contributed by atoms with van der Waals surface area (Å²) in [5.74, 6) is 0.818. The van der Waals surface area contributed by atoms with Crippen LogP contribution in [0.3, 0.4) is 0 Å². The molecule has 0 aromatic heterocycles. The van der Waals surface area contributed by atoms with Crippen LogP contribution in [0.15, 0.2) is 24.3 Å². The zero-order chi connectivity index (χ0) is 17.8. The van der Waals surface area contributed by atoms with E-state index >= 15 is 0 Å². The van der Waals surface area contributed by atoms with Gasteiger partial charge in [0, 0.05) is 31.8 Å². The monoisotopic (exact) mass is 364 g/mol. The number of amides is 2. The van der Waals surface area contributed by atoms with E-state index in [9.17, 15) is 14.4 Å². The molecule has 2 aliphatic rings. The molecule has 8 heteroatoms. The number of nitrogens with zero attached hydrogens (tertiary/aromatic N) is 2. The van der Waals surface area contributed by atoms with Crippen molar-refractivity contribution in [3.8, 4) is 5.75 Å². The molecule has 134 valence electrons. The molecule has 2 amide bonds. The van der Waals surface area contributed by atoms with Crippen molar-refractivity contribution in [2.24, 2.45) is 0 Å². The summed E-state index contributed by atoms with van der Waals surface area (Å²) in [4.78, 5) is 39.6. The molecule has 0 saturated carbocycles. The number of thioether (sulfide) groups is 1. The lowest BCUT2D eigenvalue weighted by Crippen LogP contribution is -2.46. The number of rotatable bonds is 4. The highest BCUT2D eigenvalue weighted by Crippen LogP contribution is 2.31. The zero-order valence-corrected chi connectivity index (χ0v) is 14.8. The zero-order valence-electron chi connectivity index (χ0n) is 14.0. The molecular formula is C17H20N2O5S. The van der Waals surface area contributed by atoms with Crippen molar-refractivity contribution in [3.63, 3.8) is 0 Å². The smallest absolute Gasteiger partial charge is 0.320 e. The van der Waals surface area contributed by atoms with Crippen LogP contribution in [-0.4, -0.2) is 67.0 Å². The Labute approximate surface area is 150 Å². The molecule has 25 heavy (non-hydrogen) atoms. The predicted molar refractivity (Wildman–Crippen MR) is 93.7 cm³/mol. The number of ether oxygens (including phenoxy) is 2. The molecule has 1 fully saturated rings. The molecule has 0 bridgehead atoms. The van der Waals surface area contributed by atoms with Gasteiger partial charge in [-0.1, -0.05) is 12.1 Å². The van der Waals surface area contributed by atoms with Crippen molar-refractivity contribution < 1.29 is 23.9 Å². The number of carbonyl (C=O) groups is 3. The molecule has 2 aliphatic heterocycles. The van der Waals surface area contributed by atoms with Crippen LogP contribution >= 0.6 is 11.8 Å². The standard InChI is InChI=1S/C17H20N2O5S/c1-23-17(22)14-10-18(8-9-25-14)15(20)6-7-19-12-4-2-3-5-13(12)24-11-16(19)21/h2-5,14H,6-11H2,1H3/t14-/m0/s1. The first-order chi connectivity index (χ1) is 12.1. The van der Waals surface area contributed by atoms with E-state index in [0.29, 0.717) is 36.8 Å². The second-order valence-electron chi connectivity index (χ2n) is 5.77. The van der Waals surface area contributed by atoms with Crippen LogP contribution in [0, 0.1) is 0 Å². The first kappa shape index (κ1) is 17.6. The van der Waals surface area contributed by atoms with E-state index in [0.717, 1.165) is 0 Å². The van der Waals surface area contributed by atoms with Crippen molar-refractivity contribution in [1.29, 1.82) is 0 Å². The van der Waals surface area contributed by atoms with Gasteiger partial charge in [-0.2, -0.15) is 0 Å². The van der Waals surface area contributed by atoms with Crippen LogP contribution < -0.4 is 9.64 Å². The topological polar surface area (TPSA) is 76.2 Å². The Hall–Kier alpha value is -2.22. The maximum absolute atomic E-state index is 12.5. The summed E-state index contributed by atoms with van der Waals surface area (Å²) in [6.45, 7) is 1.23. The highest BCUT2D eigenvalue weighted by atomic mass is 32.2. The second-order valence-corrected chi connectivity index (χ2v) is 7.08. The van der Waals surface area contributed by atoms with Gasteiger partial charge in [-0.05, 0) is 12.1 Å². The Morgan fingerprint density at radius 2 is 2.16 bits per heavy atom. The van der Waals surface area contributed by atoms with Crippen molar-refractivity contribution in [1.82, 2.24) is 4.90 Å². The fourth-order valence-electron chi connectivity index (χ4n) is 2.91. The normalized spacial score (nSPS) is 19.9. The van der Waals surface area contributed by atoms with Gasteiger partial charge in [0.2, 0.25) is 5.91 Å². The van der Waals surface area contributed by atoms with E-state index < -0.39 is 0 Å². The highest BCUT2D eigenvalue weighted by molar-refractivity contribution is 8.00. The maximum Gasteiger partial charge on any atom is 0.320 e. The lowest BCUT2D eigenvalue weighted by molar-refractivity contribution is -0.141. The van der Waals surface area contributed by atoms with Crippen molar-refractivity contribution in [2.75, 3.05) is 44.0 Å². The third-order valence-corrected chi connectivity index (χ3v) is 5.40. The Bertz CT molecular complexity index is 681. The van der Waals surface area contributed by atoms with Gasteiger partial charge in [-0.3, -0.25) is 14.4 Å². The van der Waals surface area contributed by atoms with E-state index in [-0.39, 0.29) is 36.1 Å². The minimum absolute atomic E-state index is 0.0179. The summed E-state index contributed by atoms with van der Waals surface area (Å²) in [6.07, 6.45) is 0.207. The Morgan fingerprint density at radius 1 is 1.36 bits per heavy atom. The number of anilines is 1. The fraction of sp³-hybridized carbons (Fsp3) is 0.471. The summed E-state index contributed by atoms with van der Waals surface area (Å²) >= 11 is 1.50. The number of hydrogen-bond acceptors (Lipinski definition) is 6. The highest BCUT2D eigenvalue weighted by Gasteiger charge is 2.31. The van der Waals surface area contributed by atoms with Crippen LogP contribution in [0.25, 0.3) is 0 Å². The lowest BCUT2D eigenvalue weighted by Gasteiger charge is -2.33. The first-order valence-corrected chi connectivity index (χ1v) is 9.14. The third kappa shape index (κ3) is 3.89. The van der Waals surface area contributed by atoms with E-state index in [1.165, 1.54) is 18.9 Å². The van der Waals surface area contributed by atoms with Gasteiger partial charge >= 0.3 is 5.97 Å². The Balaban J connectivity index is 1.61. The van der Waals surface area contributed by atoms with E-state index in [2.05, 4.69) is 0 Å². The number of esters is 1. The number of fused-ring (bicyclic) bond motifs is 1. The third-order valence-electron chi connectivity index (χ3n) is 4.24. The van der Waals surface area contributed by atoms with Crippen molar-refractivity contribution in [2.45, 2.75) is 11.7 Å². The van der Waals surface area contributed by atoms with Gasteiger partial charge in [0.15, 0.2) is 6.61 Å². The molecule has 0 unspecified atom stereocenters. The molecule has 0 radical (unpaired) electrons. The van der Waals surface area contributed by atoms with Crippen molar-refractivity contribution >= 4 is 35.2 Å². The minimum atomic E-state index is -0.339. The number of methoxy groups -OCH3 is 1. The number of hydrogen-bond donors (Lipinski definition) is 0. The molecule has 2 heterocycles. The molecule has 7 nitrogen and oxygen atoms in total. The summed E-state index contributed by atoms with van der Waals surface area (Å²) in [6, 6.07) is 7.29. The summed E-state index contributed by atoms with van der Waals surface area (Å²) in [5, 5.41) is -0.339. The fourth-order valence-corrected chi connectivity index (χ4v) is 4.04.